The Labute approximate surface area is 205 Å². The number of carbonyl (C=O) groups is 2. The van der Waals surface area contributed by atoms with Crippen LogP contribution in [0, 0.1) is 13.8 Å². The van der Waals surface area contributed by atoms with Crippen molar-refractivity contribution in [1.82, 2.24) is 24.7 Å². The minimum absolute atomic E-state index is 0.0755. The second kappa shape index (κ2) is 9.63. The minimum Gasteiger partial charge on any atom is -0.352 e. The van der Waals surface area contributed by atoms with Gasteiger partial charge in [0.2, 0.25) is 15.9 Å². The Kier molecular flexibility index (Phi) is 6.77. The lowest BCUT2D eigenvalue weighted by Gasteiger charge is -2.35. The number of piperazine rings is 1. The number of nitrogens with zero attached hydrogens (tertiary/aromatic N) is 3. The number of rotatable bonds is 6. The van der Waals surface area contributed by atoms with Gasteiger partial charge in [-0.15, -0.1) is 0 Å². The number of nitrogens with one attached hydrogen (secondary N) is 2. The summed E-state index contributed by atoms with van der Waals surface area (Å²) in [5.41, 5.74) is 3.28. The summed E-state index contributed by atoms with van der Waals surface area (Å²) < 4.78 is 29.2. The normalized spacial score (nSPS) is 16.4. The van der Waals surface area contributed by atoms with E-state index >= 15 is 0 Å². The number of benzene rings is 2. The van der Waals surface area contributed by atoms with Gasteiger partial charge in [0.1, 0.15) is 6.04 Å². The molecule has 1 saturated heterocycles. The fourth-order valence-corrected chi connectivity index (χ4v) is 5.62. The van der Waals surface area contributed by atoms with Crippen LogP contribution in [0.15, 0.2) is 59.5 Å². The lowest BCUT2D eigenvalue weighted by molar-refractivity contribution is -0.128. The molecule has 3 aromatic rings. The molecule has 1 fully saturated rings. The van der Waals surface area contributed by atoms with Crippen LogP contribution in [0.5, 0.6) is 0 Å². The molecular formula is C25H29N5O4S. The van der Waals surface area contributed by atoms with Crippen LogP contribution in [-0.2, 0) is 14.8 Å². The zero-order chi connectivity index (χ0) is 25.3. The molecule has 4 rings (SSSR count). The van der Waals surface area contributed by atoms with Crippen LogP contribution in [0.1, 0.15) is 47.2 Å². The highest BCUT2D eigenvalue weighted by molar-refractivity contribution is 7.89. The van der Waals surface area contributed by atoms with E-state index in [4.69, 9.17) is 0 Å². The van der Waals surface area contributed by atoms with Crippen LogP contribution in [-0.4, -0.2) is 54.0 Å². The summed E-state index contributed by atoms with van der Waals surface area (Å²) >= 11 is 0. The van der Waals surface area contributed by atoms with Gasteiger partial charge >= 0.3 is 0 Å². The fourth-order valence-electron chi connectivity index (χ4n) is 4.36. The lowest BCUT2D eigenvalue weighted by Crippen LogP contribution is -2.52. The average molecular weight is 496 g/mol. The largest absolute Gasteiger partial charge is 0.352 e. The Bertz CT molecular complexity index is 1350. The van der Waals surface area contributed by atoms with E-state index in [-0.39, 0.29) is 22.8 Å². The quantitative estimate of drug-likeness (QED) is 0.546. The maximum absolute atomic E-state index is 13.5. The molecule has 0 aliphatic carbocycles. The number of para-hydroxylation sites is 1. The predicted octanol–water partition coefficient (Wildman–Crippen LogP) is 2.49. The van der Waals surface area contributed by atoms with Gasteiger partial charge in [0, 0.05) is 36.0 Å². The van der Waals surface area contributed by atoms with Gasteiger partial charge in [-0.3, -0.25) is 9.59 Å². The third-order valence-electron chi connectivity index (χ3n) is 5.90. The van der Waals surface area contributed by atoms with Crippen molar-refractivity contribution in [2.75, 3.05) is 13.1 Å². The van der Waals surface area contributed by atoms with Gasteiger partial charge in [0.25, 0.3) is 5.91 Å². The van der Waals surface area contributed by atoms with Crippen molar-refractivity contribution in [2.24, 2.45) is 0 Å². The maximum Gasteiger partial charge on any atom is 0.254 e. The maximum atomic E-state index is 13.5. The minimum atomic E-state index is -3.67. The van der Waals surface area contributed by atoms with E-state index in [0.29, 0.717) is 29.9 Å². The van der Waals surface area contributed by atoms with Crippen LogP contribution in [0.4, 0.5) is 0 Å². The van der Waals surface area contributed by atoms with E-state index in [1.54, 1.807) is 18.5 Å². The highest BCUT2D eigenvalue weighted by atomic mass is 32.2. The molecule has 1 aromatic heterocycles. The van der Waals surface area contributed by atoms with Gasteiger partial charge in [-0.05, 0) is 64.1 Å². The second-order valence-electron chi connectivity index (χ2n) is 8.82. The molecule has 9 nitrogen and oxygen atoms in total. The molecule has 1 aliphatic heterocycles. The lowest BCUT2D eigenvalue weighted by atomic mass is 9.99. The third kappa shape index (κ3) is 4.85. The SMILES string of the molecule is Cc1nn(-c2ccccc2)c(C)c1C1C(=O)NCCN1C(=O)c1ccc(S(=O)(=O)NC(C)C)cc1. The van der Waals surface area contributed by atoms with Crippen LogP contribution in [0.3, 0.4) is 0 Å². The third-order valence-corrected chi connectivity index (χ3v) is 7.57. The van der Waals surface area contributed by atoms with Gasteiger partial charge < -0.3 is 10.2 Å². The van der Waals surface area contributed by atoms with Crippen LogP contribution < -0.4 is 10.0 Å². The smallest absolute Gasteiger partial charge is 0.254 e. The molecule has 10 heteroatoms. The Balaban J connectivity index is 1.68. The number of hydrogen-bond acceptors (Lipinski definition) is 5. The summed E-state index contributed by atoms with van der Waals surface area (Å²) in [4.78, 5) is 28.2. The molecule has 35 heavy (non-hydrogen) atoms. The highest BCUT2D eigenvalue weighted by Crippen LogP contribution is 2.31. The van der Waals surface area contributed by atoms with E-state index in [9.17, 15) is 18.0 Å². The van der Waals surface area contributed by atoms with Crippen LogP contribution >= 0.6 is 0 Å². The van der Waals surface area contributed by atoms with Crippen LogP contribution in [0.25, 0.3) is 5.69 Å². The van der Waals surface area contributed by atoms with Crippen molar-refractivity contribution in [3.05, 3.63) is 77.1 Å². The van der Waals surface area contributed by atoms with Gasteiger partial charge in [-0.25, -0.2) is 17.8 Å². The first-order valence-electron chi connectivity index (χ1n) is 11.4. The summed E-state index contributed by atoms with van der Waals surface area (Å²) in [7, 11) is -3.67. The number of sulfonamides is 1. The van der Waals surface area contributed by atoms with Crippen molar-refractivity contribution in [1.29, 1.82) is 0 Å². The Morgan fingerprint density at radius 1 is 1.09 bits per heavy atom. The molecule has 1 atom stereocenters. The first-order chi connectivity index (χ1) is 16.6. The summed E-state index contributed by atoms with van der Waals surface area (Å²) in [6.07, 6.45) is 0. The number of hydrogen-bond donors (Lipinski definition) is 2. The monoisotopic (exact) mass is 495 g/mol. The molecule has 184 valence electrons. The Morgan fingerprint density at radius 3 is 2.37 bits per heavy atom. The van der Waals surface area contributed by atoms with Crippen molar-refractivity contribution >= 4 is 21.8 Å². The molecular weight excluding hydrogens is 466 g/mol. The Morgan fingerprint density at radius 2 is 1.74 bits per heavy atom. The first-order valence-corrected chi connectivity index (χ1v) is 12.9. The number of aromatic nitrogens is 2. The van der Waals surface area contributed by atoms with E-state index in [1.807, 2.05) is 44.2 Å². The zero-order valence-electron chi connectivity index (χ0n) is 20.1. The summed E-state index contributed by atoms with van der Waals surface area (Å²) in [6.45, 7) is 7.83. The Hall–Kier alpha value is -3.50. The van der Waals surface area contributed by atoms with Crippen molar-refractivity contribution < 1.29 is 18.0 Å². The summed E-state index contributed by atoms with van der Waals surface area (Å²) in [5, 5.41) is 7.50. The number of aryl methyl sites for hydroxylation is 1. The van der Waals surface area contributed by atoms with E-state index < -0.39 is 16.1 Å². The first kappa shape index (κ1) is 24.6. The molecule has 2 N–H and O–H groups in total. The predicted molar refractivity (Wildman–Crippen MR) is 132 cm³/mol. The van der Waals surface area contributed by atoms with Crippen LogP contribution in [0.2, 0.25) is 0 Å². The molecule has 1 unspecified atom stereocenters. The van der Waals surface area contributed by atoms with E-state index in [2.05, 4.69) is 15.1 Å². The summed E-state index contributed by atoms with van der Waals surface area (Å²) in [5.74, 6) is -0.624. The molecule has 2 amide bonds. The van der Waals surface area contributed by atoms with Gasteiger partial charge in [0.05, 0.1) is 16.3 Å². The molecule has 0 radical (unpaired) electrons. The van der Waals surface area contributed by atoms with Crippen molar-refractivity contribution in [3.63, 3.8) is 0 Å². The zero-order valence-corrected chi connectivity index (χ0v) is 21.0. The molecule has 0 bridgehead atoms. The van der Waals surface area contributed by atoms with Crippen molar-refractivity contribution in [2.45, 2.75) is 44.7 Å². The molecule has 0 spiro atoms. The average Bonchev–Trinajstić information content (AvgIpc) is 3.12. The fraction of sp³-hybridized carbons (Fsp3) is 0.320. The van der Waals surface area contributed by atoms with E-state index in [0.717, 1.165) is 11.4 Å². The number of amides is 2. The molecule has 2 aromatic carbocycles. The standard InChI is InChI=1S/C25H29N5O4S/c1-16(2)28-35(33,34)21-12-10-19(11-13-21)25(32)29-15-14-26-24(31)23(29)22-17(3)27-30(18(22)4)20-8-6-5-7-9-20/h5-13,16,23,28H,14-15H2,1-4H3,(H,26,31). The topological polar surface area (TPSA) is 113 Å². The van der Waals surface area contributed by atoms with Gasteiger partial charge in [-0.2, -0.15) is 5.10 Å². The second-order valence-corrected chi connectivity index (χ2v) is 10.5. The summed E-state index contributed by atoms with van der Waals surface area (Å²) in [6, 6.07) is 14.3. The number of carbonyl (C=O) groups excluding carboxylic acids is 2. The van der Waals surface area contributed by atoms with E-state index in [1.165, 1.54) is 29.2 Å². The van der Waals surface area contributed by atoms with Crippen molar-refractivity contribution in [3.8, 4) is 5.69 Å². The molecule has 2 heterocycles. The highest BCUT2D eigenvalue weighted by Gasteiger charge is 2.38. The molecule has 1 aliphatic rings. The van der Waals surface area contributed by atoms with Gasteiger partial charge in [-0.1, -0.05) is 18.2 Å². The molecule has 0 saturated carbocycles. The van der Waals surface area contributed by atoms with Gasteiger partial charge in [0.15, 0.2) is 0 Å².